The topological polar surface area (TPSA) is 76.7 Å². The van der Waals surface area contributed by atoms with Gasteiger partial charge in [0.1, 0.15) is 12.0 Å². The highest BCUT2D eigenvalue weighted by Gasteiger charge is 2.44. The molecule has 0 spiro atoms. The van der Waals surface area contributed by atoms with E-state index in [1.165, 1.54) is 0 Å². The Labute approximate surface area is 64.4 Å². The third-order valence-electron chi connectivity index (χ3n) is 1.58. The molecule has 1 aliphatic rings. The van der Waals surface area contributed by atoms with Crippen LogP contribution in [0.2, 0.25) is 0 Å². The summed E-state index contributed by atoms with van der Waals surface area (Å²) in [6, 6.07) is 3.72. The Bertz CT molecular complexity index is 254. The van der Waals surface area contributed by atoms with Gasteiger partial charge in [-0.05, 0) is 12.8 Å². The first-order valence-electron chi connectivity index (χ1n) is 3.32. The smallest absolute Gasteiger partial charge is 0.235 e. The lowest BCUT2D eigenvalue weighted by atomic mass is 10.3. The van der Waals surface area contributed by atoms with Gasteiger partial charge in [0.2, 0.25) is 5.91 Å². The lowest BCUT2D eigenvalue weighted by Gasteiger charge is -2.05. The van der Waals surface area contributed by atoms with Crippen molar-refractivity contribution in [3.63, 3.8) is 0 Å². The molecule has 0 heterocycles. The van der Waals surface area contributed by atoms with E-state index in [1.54, 1.807) is 6.07 Å². The molecule has 0 unspecified atom stereocenters. The molecule has 0 aliphatic heterocycles. The first kappa shape index (κ1) is 7.56. The highest BCUT2D eigenvalue weighted by Crippen LogP contribution is 2.34. The van der Waals surface area contributed by atoms with Gasteiger partial charge in [-0.1, -0.05) is 0 Å². The van der Waals surface area contributed by atoms with Crippen LogP contribution in [0.4, 0.5) is 0 Å². The van der Waals surface area contributed by atoms with E-state index < -0.39 is 5.54 Å². The Morgan fingerprint density at radius 1 is 1.55 bits per heavy atom. The normalized spacial score (nSPS) is 17.6. The van der Waals surface area contributed by atoms with Crippen LogP contribution in [0.5, 0.6) is 0 Å². The highest BCUT2D eigenvalue weighted by molar-refractivity contribution is 5.79. The minimum absolute atomic E-state index is 0.163. The third kappa shape index (κ3) is 1.68. The molecule has 0 bridgehead atoms. The van der Waals surface area contributed by atoms with E-state index in [9.17, 15) is 4.79 Å². The summed E-state index contributed by atoms with van der Waals surface area (Å²) in [5.41, 5.74) is -0.631. The minimum Gasteiger partial charge on any atom is -0.337 e. The number of carbonyl (C=O) groups is 1. The van der Waals surface area contributed by atoms with E-state index in [0.29, 0.717) is 12.8 Å². The van der Waals surface area contributed by atoms with Crippen molar-refractivity contribution in [2.75, 3.05) is 0 Å². The molecule has 0 saturated heterocycles. The molecule has 0 aromatic heterocycles. The first-order valence-corrected chi connectivity index (χ1v) is 3.32. The molecule has 1 fully saturated rings. The fourth-order valence-corrected chi connectivity index (χ4v) is 0.773. The number of carbonyl (C=O) groups excluding carboxylic acids is 1. The number of hydrogen-bond acceptors (Lipinski definition) is 3. The molecule has 0 radical (unpaired) electrons. The van der Waals surface area contributed by atoms with Crippen LogP contribution in [0.1, 0.15) is 19.3 Å². The molecule has 0 aromatic carbocycles. The molecular weight excluding hydrogens is 142 g/mol. The van der Waals surface area contributed by atoms with Crippen molar-refractivity contribution >= 4 is 5.91 Å². The van der Waals surface area contributed by atoms with Gasteiger partial charge in [-0.3, -0.25) is 4.79 Å². The van der Waals surface area contributed by atoms with Crippen molar-refractivity contribution in [2.45, 2.75) is 24.8 Å². The Kier molecular flexibility index (Phi) is 1.78. The number of nitriles is 2. The van der Waals surface area contributed by atoms with Gasteiger partial charge in [-0.25, -0.2) is 0 Å². The summed E-state index contributed by atoms with van der Waals surface area (Å²) in [5, 5.41) is 19.2. The van der Waals surface area contributed by atoms with Crippen LogP contribution in [-0.2, 0) is 4.79 Å². The van der Waals surface area contributed by atoms with Crippen LogP contribution in [-0.4, -0.2) is 11.4 Å². The van der Waals surface area contributed by atoms with Crippen LogP contribution in [0.15, 0.2) is 0 Å². The quantitative estimate of drug-likeness (QED) is 0.603. The fourth-order valence-electron chi connectivity index (χ4n) is 0.773. The molecule has 4 nitrogen and oxygen atoms in total. The number of rotatable bonds is 2. The van der Waals surface area contributed by atoms with Gasteiger partial charge in [0, 0.05) is 0 Å². The molecular formula is C7H7N3O. The van der Waals surface area contributed by atoms with Crippen LogP contribution >= 0.6 is 0 Å². The minimum atomic E-state index is -0.631. The Morgan fingerprint density at radius 2 is 2.18 bits per heavy atom. The molecule has 1 amide bonds. The van der Waals surface area contributed by atoms with Crippen molar-refractivity contribution in [1.82, 2.24) is 5.32 Å². The predicted octanol–water partition coefficient (Wildman–Crippen LogP) is 0.0725. The van der Waals surface area contributed by atoms with Crippen molar-refractivity contribution in [3.8, 4) is 12.1 Å². The average Bonchev–Trinajstić information content (AvgIpc) is 2.70. The standard InChI is InChI=1S/C7H7N3O/c8-4-1-6(11)10-7(5-9)2-3-7/h1-3H2,(H,10,11). The van der Waals surface area contributed by atoms with Gasteiger partial charge in [0.25, 0.3) is 0 Å². The molecule has 0 aromatic rings. The fraction of sp³-hybridized carbons (Fsp3) is 0.571. The summed E-state index contributed by atoms with van der Waals surface area (Å²) in [6.07, 6.45) is 1.25. The maximum absolute atomic E-state index is 10.8. The largest absolute Gasteiger partial charge is 0.337 e. The van der Waals surface area contributed by atoms with E-state index in [-0.39, 0.29) is 12.3 Å². The highest BCUT2D eigenvalue weighted by atomic mass is 16.1. The monoisotopic (exact) mass is 149 g/mol. The summed E-state index contributed by atoms with van der Waals surface area (Å²) in [5.74, 6) is -0.355. The third-order valence-corrected chi connectivity index (χ3v) is 1.58. The molecule has 56 valence electrons. The van der Waals surface area contributed by atoms with Gasteiger partial charge < -0.3 is 5.32 Å². The van der Waals surface area contributed by atoms with Gasteiger partial charge in [0.15, 0.2) is 0 Å². The molecule has 1 saturated carbocycles. The zero-order chi connectivity index (χ0) is 8.32. The van der Waals surface area contributed by atoms with Crippen molar-refractivity contribution in [3.05, 3.63) is 0 Å². The number of hydrogen-bond donors (Lipinski definition) is 1. The molecule has 4 heteroatoms. The molecule has 11 heavy (non-hydrogen) atoms. The molecule has 1 rings (SSSR count). The van der Waals surface area contributed by atoms with Crippen molar-refractivity contribution in [1.29, 1.82) is 10.5 Å². The van der Waals surface area contributed by atoms with Crippen LogP contribution in [0.25, 0.3) is 0 Å². The SMILES string of the molecule is N#CCC(=O)NC1(C#N)CC1. The van der Waals surface area contributed by atoms with Crippen LogP contribution in [0, 0.1) is 22.7 Å². The lowest BCUT2D eigenvalue weighted by Crippen LogP contribution is -2.35. The number of nitrogens with one attached hydrogen (secondary N) is 1. The summed E-state index contributed by atoms with van der Waals surface area (Å²) >= 11 is 0. The maximum Gasteiger partial charge on any atom is 0.235 e. The lowest BCUT2D eigenvalue weighted by molar-refractivity contribution is -0.120. The summed E-state index contributed by atoms with van der Waals surface area (Å²) in [4.78, 5) is 10.8. The van der Waals surface area contributed by atoms with E-state index in [4.69, 9.17) is 10.5 Å². The van der Waals surface area contributed by atoms with E-state index in [0.717, 1.165) is 0 Å². The average molecular weight is 149 g/mol. The summed E-state index contributed by atoms with van der Waals surface area (Å²) in [7, 11) is 0. The zero-order valence-corrected chi connectivity index (χ0v) is 5.92. The van der Waals surface area contributed by atoms with Gasteiger partial charge >= 0.3 is 0 Å². The van der Waals surface area contributed by atoms with Crippen LogP contribution in [0.3, 0.4) is 0 Å². The molecule has 1 aliphatic carbocycles. The van der Waals surface area contributed by atoms with Gasteiger partial charge in [-0.15, -0.1) is 0 Å². The maximum atomic E-state index is 10.8. The Balaban J connectivity index is 2.39. The summed E-state index contributed by atoms with van der Waals surface area (Å²) < 4.78 is 0. The Morgan fingerprint density at radius 3 is 2.55 bits per heavy atom. The molecule has 0 atom stereocenters. The second-order valence-corrected chi connectivity index (χ2v) is 2.58. The van der Waals surface area contributed by atoms with Crippen LogP contribution < -0.4 is 5.32 Å². The van der Waals surface area contributed by atoms with Gasteiger partial charge in [-0.2, -0.15) is 10.5 Å². The number of amides is 1. The summed E-state index contributed by atoms with van der Waals surface area (Å²) in [6.45, 7) is 0. The zero-order valence-electron chi connectivity index (χ0n) is 5.92. The predicted molar refractivity (Wildman–Crippen MR) is 36.0 cm³/mol. The Hall–Kier alpha value is -1.55. The van der Waals surface area contributed by atoms with E-state index in [1.807, 2.05) is 6.07 Å². The second-order valence-electron chi connectivity index (χ2n) is 2.58. The van der Waals surface area contributed by atoms with Gasteiger partial charge in [0.05, 0.1) is 12.1 Å². The first-order chi connectivity index (χ1) is 5.22. The second kappa shape index (κ2) is 2.59. The van der Waals surface area contributed by atoms with E-state index in [2.05, 4.69) is 5.32 Å². The number of nitrogens with zero attached hydrogens (tertiary/aromatic N) is 2. The van der Waals surface area contributed by atoms with E-state index >= 15 is 0 Å². The van der Waals surface area contributed by atoms with Crippen molar-refractivity contribution in [2.24, 2.45) is 0 Å². The molecule has 1 N–H and O–H groups in total. The van der Waals surface area contributed by atoms with Crippen molar-refractivity contribution < 1.29 is 4.79 Å².